The third-order valence-electron chi connectivity index (χ3n) is 3.79. The summed E-state index contributed by atoms with van der Waals surface area (Å²) in [4.78, 5) is 28.5. The lowest BCUT2D eigenvalue weighted by molar-refractivity contribution is -0.119. The number of halogens is 1. The van der Waals surface area contributed by atoms with Crippen molar-refractivity contribution in [2.45, 2.75) is 13.8 Å². The summed E-state index contributed by atoms with van der Waals surface area (Å²) in [7, 11) is 0. The number of hydrogen-bond acceptors (Lipinski definition) is 4. The molecule has 0 unspecified atom stereocenters. The molecule has 0 atom stereocenters. The van der Waals surface area contributed by atoms with Gasteiger partial charge in [-0.1, -0.05) is 17.7 Å². The Bertz CT molecular complexity index is 979. The molecule has 3 aromatic rings. The van der Waals surface area contributed by atoms with Gasteiger partial charge in [-0.05, 0) is 44.2 Å². The normalized spacial score (nSPS) is 10.6. The number of aryl methyl sites for hydroxylation is 2. The maximum atomic E-state index is 13.4. The van der Waals surface area contributed by atoms with Gasteiger partial charge in [-0.15, -0.1) is 0 Å². The molecule has 3 rings (SSSR count). The quantitative estimate of drug-likeness (QED) is 0.726. The number of carbonyl (C=O) groups excluding carboxylic acids is 2. The number of rotatable bonds is 4. The third-order valence-corrected chi connectivity index (χ3v) is 3.79. The predicted octanol–water partition coefficient (Wildman–Crippen LogP) is 3.79. The van der Waals surface area contributed by atoms with Crippen LogP contribution in [0.3, 0.4) is 0 Å². The van der Waals surface area contributed by atoms with Crippen molar-refractivity contribution in [3.63, 3.8) is 0 Å². The van der Waals surface area contributed by atoms with Crippen molar-refractivity contribution in [1.82, 2.24) is 4.98 Å². The Hall–Kier alpha value is -3.28. The van der Waals surface area contributed by atoms with Crippen LogP contribution in [-0.4, -0.2) is 23.5 Å². The Morgan fingerprint density at radius 1 is 1.08 bits per heavy atom. The molecule has 132 valence electrons. The van der Waals surface area contributed by atoms with Gasteiger partial charge >= 0.3 is 5.97 Å². The van der Waals surface area contributed by atoms with Crippen molar-refractivity contribution < 1.29 is 18.7 Å². The second-order valence-corrected chi connectivity index (χ2v) is 5.96. The van der Waals surface area contributed by atoms with Gasteiger partial charge in [0.15, 0.2) is 6.61 Å². The highest BCUT2D eigenvalue weighted by atomic mass is 19.1. The van der Waals surface area contributed by atoms with Crippen LogP contribution in [0.2, 0.25) is 0 Å². The average Bonchev–Trinajstić information content (AvgIpc) is 2.60. The number of aromatic nitrogens is 1. The lowest BCUT2D eigenvalue weighted by atomic mass is 10.1. The van der Waals surface area contributed by atoms with E-state index >= 15 is 0 Å². The molecular weight excluding hydrogens is 335 g/mol. The first-order chi connectivity index (χ1) is 12.4. The van der Waals surface area contributed by atoms with Crippen LogP contribution < -0.4 is 5.32 Å². The summed E-state index contributed by atoms with van der Waals surface area (Å²) >= 11 is 0. The van der Waals surface area contributed by atoms with Crippen molar-refractivity contribution in [3.05, 3.63) is 71.2 Å². The Kier molecular flexibility index (Phi) is 4.93. The first-order valence-electron chi connectivity index (χ1n) is 8.03. The molecule has 1 N–H and O–H groups in total. The second kappa shape index (κ2) is 7.31. The van der Waals surface area contributed by atoms with E-state index in [9.17, 15) is 14.0 Å². The number of carbonyl (C=O) groups is 2. The summed E-state index contributed by atoms with van der Waals surface area (Å²) in [6.07, 6.45) is 0. The first-order valence-corrected chi connectivity index (χ1v) is 8.03. The largest absolute Gasteiger partial charge is 0.452 e. The molecule has 0 fully saturated rings. The standard InChI is InChI=1S/C20H17FN2O3/c1-12-3-6-15(7-4-12)23-19(24)11-26-20(25)17-9-13(2)22-18-10-14(21)5-8-16(17)18/h3-10H,11H2,1-2H3,(H,23,24). The monoisotopic (exact) mass is 352 g/mol. The van der Waals surface area contributed by atoms with Gasteiger partial charge in [-0.3, -0.25) is 9.78 Å². The number of pyridine rings is 1. The summed E-state index contributed by atoms with van der Waals surface area (Å²) in [5.74, 6) is -1.54. The van der Waals surface area contributed by atoms with E-state index in [-0.39, 0.29) is 5.56 Å². The van der Waals surface area contributed by atoms with Gasteiger partial charge in [0.05, 0.1) is 11.1 Å². The van der Waals surface area contributed by atoms with Crippen LogP contribution in [0.5, 0.6) is 0 Å². The van der Waals surface area contributed by atoms with Gasteiger partial charge < -0.3 is 10.1 Å². The number of amides is 1. The number of benzene rings is 2. The molecule has 0 aliphatic rings. The van der Waals surface area contributed by atoms with Crippen molar-refractivity contribution in [1.29, 1.82) is 0 Å². The maximum Gasteiger partial charge on any atom is 0.339 e. The smallest absolute Gasteiger partial charge is 0.339 e. The number of esters is 1. The van der Waals surface area contributed by atoms with Gasteiger partial charge in [0.2, 0.25) is 0 Å². The Balaban J connectivity index is 1.71. The molecule has 0 saturated carbocycles. The molecule has 0 radical (unpaired) electrons. The maximum absolute atomic E-state index is 13.4. The molecule has 1 aromatic heterocycles. The highest BCUT2D eigenvalue weighted by Crippen LogP contribution is 2.20. The van der Waals surface area contributed by atoms with Crippen molar-refractivity contribution in [2.75, 3.05) is 11.9 Å². The summed E-state index contributed by atoms with van der Waals surface area (Å²) in [5, 5.41) is 3.13. The molecule has 0 bridgehead atoms. The minimum absolute atomic E-state index is 0.246. The van der Waals surface area contributed by atoms with Gasteiger partial charge in [-0.2, -0.15) is 0 Å². The van der Waals surface area contributed by atoms with Crippen LogP contribution in [0.25, 0.3) is 10.9 Å². The average molecular weight is 352 g/mol. The summed E-state index contributed by atoms with van der Waals surface area (Å²) in [6.45, 7) is 3.22. The fourth-order valence-electron chi connectivity index (χ4n) is 2.55. The summed E-state index contributed by atoms with van der Waals surface area (Å²) in [6, 6.07) is 12.8. The van der Waals surface area contributed by atoms with Crippen LogP contribution in [0, 0.1) is 19.7 Å². The second-order valence-electron chi connectivity index (χ2n) is 5.96. The zero-order valence-electron chi connectivity index (χ0n) is 14.4. The van der Waals surface area contributed by atoms with E-state index in [4.69, 9.17) is 4.74 Å². The minimum Gasteiger partial charge on any atom is -0.452 e. The molecule has 6 heteroatoms. The molecule has 2 aromatic carbocycles. The van der Waals surface area contributed by atoms with Crippen molar-refractivity contribution in [3.8, 4) is 0 Å². The highest BCUT2D eigenvalue weighted by Gasteiger charge is 2.15. The fourth-order valence-corrected chi connectivity index (χ4v) is 2.55. The molecule has 0 aliphatic carbocycles. The Morgan fingerprint density at radius 3 is 2.54 bits per heavy atom. The SMILES string of the molecule is Cc1ccc(NC(=O)COC(=O)c2cc(C)nc3cc(F)ccc23)cc1. The zero-order chi connectivity index (χ0) is 18.7. The fraction of sp³-hybridized carbons (Fsp3) is 0.150. The first kappa shape index (κ1) is 17.5. The third kappa shape index (κ3) is 4.03. The molecule has 1 heterocycles. The van der Waals surface area contributed by atoms with Crippen molar-refractivity contribution in [2.24, 2.45) is 0 Å². The molecule has 0 saturated heterocycles. The van der Waals surface area contributed by atoms with Gasteiger partial charge in [0.25, 0.3) is 5.91 Å². The molecule has 5 nitrogen and oxygen atoms in total. The van der Waals surface area contributed by atoms with E-state index in [2.05, 4.69) is 10.3 Å². The molecule has 0 aliphatic heterocycles. The van der Waals surface area contributed by atoms with Crippen LogP contribution in [-0.2, 0) is 9.53 Å². The lowest BCUT2D eigenvalue weighted by Gasteiger charge is -2.09. The molecular formula is C20H17FN2O3. The van der Waals surface area contributed by atoms with E-state index in [1.165, 1.54) is 18.2 Å². The van der Waals surface area contributed by atoms with Gasteiger partial charge in [-0.25, -0.2) is 9.18 Å². The summed E-state index contributed by atoms with van der Waals surface area (Å²) in [5.41, 5.74) is 2.86. The number of anilines is 1. The van der Waals surface area contributed by atoms with Gasteiger partial charge in [0, 0.05) is 22.8 Å². The molecule has 26 heavy (non-hydrogen) atoms. The molecule has 0 spiro atoms. The summed E-state index contributed by atoms with van der Waals surface area (Å²) < 4.78 is 18.5. The number of hydrogen-bond donors (Lipinski definition) is 1. The number of nitrogens with one attached hydrogen (secondary N) is 1. The van der Waals surface area contributed by atoms with Crippen LogP contribution in [0.4, 0.5) is 10.1 Å². The number of fused-ring (bicyclic) bond motifs is 1. The van der Waals surface area contributed by atoms with E-state index in [0.717, 1.165) is 5.56 Å². The van der Waals surface area contributed by atoms with Gasteiger partial charge in [0.1, 0.15) is 5.82 Å². The van der Waals surface area contributed by atoms with E-state index < -0.39 is 24.3 Å². The molecule has 1 amide bonds. The zero-order valence-corrected chi connectivity index (χ0v) is 14.4. The highest BCUT2D eigenvalue weighted by molar-refractivity contribution is 6.04. The van der Waals surface area contributed by atoms with E-state index in [0.29, 0.717) is 22.3 Å². The predicted molar refractivity (Wildman–Crippen MR) is 96.5 cm³/mol. The van der Waals surface area contributed by atoms with Crippen LogP contribution in [0.1, 0.15) is 21.6 Å². The lowest BCUT2D eigenvalue weighted by Crippen LogP contribution is -2.21. The van der Waals surface area contributed by atoms with Crippen LogP contribution >= 0.6 is 0 Å². The number of nitrogens with zero attached hydrogens (tertiary/aromatic N) is 1. The van der Waals surface area contributed by atoms with E-state index in [1.54, 1.807) is 25.1 Å². The Labute approximate surface area is 149 Å². The van der Waals surface area contributed by atoms with Crippen molar-refractivity contribution >= 4 is 28.5 Å². The van der Waals surface area contributed by atoms with E-state index in [1.807, 2.05) is 19.1 Å². The minimum atomic E-state index is -0.661. The topological polar surface area (TPSA) is 68.3 Å². The number of ether oxygens (including phenoxy) is 1. The van der Waals surface area contributed by atoms with Crippen LogP contribution in [0.15, 0.2) is 48.5 Å². The Morgan fingerprint density at radius 2 is 1.81 bits per heavy atom.